The molecule has 1 heterocycles. The Balaban J connectivity index is 2.02. The summed E-state index contributed by atoms with van der Waals surface area (Å²) in [6.07, 6.45) is 16.1. The maximum absolute atomic E-state index is 5.80. The molecule has 0 aromatic heterocycles. The molecule has 0 aromatic carbocycles. The van der Waals surface area contributed by atoms with E-state index in [1.54, 1.807) is 0 Å². The predicted octanol–water partition coefficient (Wildman–Crippen LogP) is 6.14. The number of ether oxygens (including phenoxy) is 1. The van der Waals surface area contributed by atoms with Gasteiger partial charge >= 0.3 is 0 Å². The van der Waals surface area contributed by atoms with Crippen LogP contribution < -0.4 is 0 Å². The first-order chi connectivity index (χ1) is 10.3. The highest BCUT2D eigenvalue weighted by molar-refractivity contribution is 5.79. The van der Waals surface area contributed by atoms with E-state index in [9.17, 15) is 0 Å². The molecule has 124 valence electrons. The van der Waals surface area contributed by atoms with E-state index in [0.29, 0.717) is 12.0 Å². The third-order valence-corrected chi connectivity index (χ3v) is 4.54. The monoisotopic (exact) mass is 295 g/mol. The molecule has 0 spiro atoms. The van der Waals surface area contributed by atoms with Crippen LogP contribution in [0.25, 0.3) is 0 Å². The molecule has 0 saturated heterocycles. The average molecular weight is 296 g/mol. The van der Waals surface area contributed by atoms with Crippen LogP contribution in [0, 0.1) is 5.92 Å². The molecule has 0 radical (unpaired) electrons. The third-order valence-electron chi connectivity index (χ3n) is 4.54. The number of nitrogens with zero attached hydrogens (tertiary/aromatic N) is 1. The smallest absolute Gasteiger partial charge is 0.186 e. The fraction of sp³-hybridized carbons (Fsp3) is 0.947. The van der Waals surface area contributed by atoms with Crippen molar-refractivity contribution in [3.8, 4) is 0 Å². The lowest BCUT2D eigenvalue weighted by Crippen LogP contribution is -2.11. The molecular formula is C19H37NO. The highest BCUT2D eigenvalue weighted by atomic mass is 16.5. The Bertz CT molecular complexity index is 275. The van der Waals surface area contributed by atoms with Crippen LogP contribution in [0.3, 0.4) is 0 Å². The Labute approximate surface area is 132 Å². The van der Waals surface area contributed by atoms with Crippen LogP contribution >= 0.6 is 0 Å². The van der Waals surface area contributed by atoms with Crippen LogP contribution in [-0.4, -0.2) is 18.5 Å². The Morgan fingerprint density at radius 2 is 1.57 bits per heavy atom. The molecule has 2 heteroatoms. The van der Waals surface area contributed by atoms with E-state index in [1.165, 1.54) is 77.0 Å². The van der Waals surface area contributed by atoms with Crippen LogP contribution in [0.15, 0.2) is 4.99 Å². The Morgan fingerprint density at radius 1 is 0.952 bits per heavy atom. The van der Waals surface area contributed by atoms with E-state index >= 15 is 0 Å². The second-order valence-corrected chi connectivity index (χ2v) is 6.74. The molecule has 0 bridgehead atoms. The Morgan fingerprint density at radius 3 is 2.24 bits per heavy atom. The number of unbranched alkanes of at least 4 members (excludes halogenated alkanes) is 8. The largest absolute Gasteiger partial charge is 0.478 e. The minimum absolute atomic E-state index is 0.445. The minimum Gasteiger partial charge on any atom is -0.478 e. The standard InChI is InChI=1S/C19H37NO/c1-4-6-8-9-10-11-12-13-14-17(3)19-20-18(16-21-19)15-7-5-2/h17-18H,4-16H2,1-3H3. The van der Waals surface area contributed by atoms with Gasteiger partial charge in [-0.1, -0.05) is 85.0 Å². The molecule has 0 N–H and O–H groups in total. The summed E-state index contributed by atoms with van der Waals surface area (Å²) < 4.78 is 5.80. The van der Waals surface area contributed by atoms with Gasteiger partial charge in [-0.15, -0.1) is 0 Å². The van der Waals surface area contributed by atoms with E-state index in [2.05, 4.69) is 20.8 Å². The lowest BCUT2D eigenvalue weighted by Gasteiger charge is -2.10. The molecule has 0 fully saturated rings. The van der Waals surface area contributed by atoms with Gasteiger partial charge < -0.3 is 4.74 Å². The Hall–Kier alpha value is -0.530. The van der Waals surface area contributed by atoms with Crippen molar-refractivity contribution in [1.82, 2.24) is 0 Å². The minimum atomic E-state index is 0.445. The van der Waals surface area contributed by atoms with Gasteiger partial charge in [0.05, 0.1) is 6.04 Å². The van der Waals surface area contributed by atoms with Crippen LogP contribution in [0.1, 0.15) is 97.8 Å². The molecule has 21 heavy (non-hydrogen) atoms. The van der Waals surface area contributed by atoms with Gasteiger partial charge in [0.15, 0.2) is 5.90 Å². The van der Waals surface area contributed by atoms with E-state index in [4.69, 9.17) is 9.73 Å². The molecule has 0 aliphatic carbocycles. The zero-order valence-electron chi connectivity index (χ0n) is 14.7. The van der Waals surface area contributed by atoms with Crippen LogP contribution in [0.4, 0.5) is 0 Å². The first-order valence-corrected chi connectivity index (χ1v) is 9.48. The van der Waals surface area contributed by atoms with Crippen molar-refractivity contribution in [2.45, 2.75) is 104 Å². The van der Waals surface area contributed by atoms with E-state index in [0.717, 1.165) is 12.5 Å². The molecule has 1 aliphatic rings. The van der Waals surface area contributed by atoms with E-state index in [-0.39, 0.29) is 0 Å². The van der Waals surface area contributed by atoms with Crippen LogP contribution in [0.2, 0.25) is 0 Å². The summed E-state index contributed by atoms with van der Waals surface area (Å²) in [5.41, 5.74) is 0. The summed E-state index contributed by atoms with van der Waals surface area (Å²) in [5.74, 6) is 1.57. The van der Waals surface area contributed by atoms with Crippen molar-refractivity contribution in [1.29, 1.82) is 0 Å². The topological polar surface area (TPSA) is 21.6 Å². The number of rotatable bonds is 13. The molecule has 0 amide bonds. The predicted molar refractivity (Wildman–Crippen MR) is 93.1 cm³/mol. The van der Waals surface area contributed by atoms with Crippen molar-refractivity contribution < 1.29 is 4.74 Å². The fourth-order valence-corrected chi connectivity index (χ4v) is 3.00. The third kappa shape index (κ3) is 8.48. The van der Waals surface area contributed by atoms with Crippen molar-refractivity contribution in [3.63, 3.8) is 0 Å². The van der Waals surface area contributed by atoms with Crippen LogP contribution in [-0.2, 0) is 4.74 Å². The molecule has 1 aliphatic heterocycles. The summed E-state index contributed by atoms with van der Waals surface area (Å²) in [6, 6.07) is 0.445. The molecular weight excluding hydrogens is 258 g/mol. The summed E-state index contributed by atoms with van der Waals surface area (Å²) in [7, 11) is 0. The summed E-state index contributed by atoms with van der Waals surface area (Å²) in [4.78, 5) is 4.77. The van der Waals surface area contributed by atoms with Gasteiger partial charge in [0.1, 0.15) is 6.61 Å². The van der Waals surface area contributed by atoms with Crippen molar-refractivity contribution in [2.75, 3.05) is 6.61 Å². The zero-order valence-corrected chi connectivity index (χ0v) is 14.7. The van der Waals surface area contributed by atoms with Crippen molar-refractivity contribution in [3.05, 3.63) is 0 Å². The normalized spacial score (nSPS) is 19.4. The summed E-state index contributed by atoms with van der Waals surface area (Å²) in [6.45, 7) is 7.63. The van der Waals surface area contributed by atoms with E-state index in [1.807, 2.05) is 0 Å². The second-order valence-electron chi connectivity index (χ2n) is 6.74. The van der Waals surface area contributed by atoms with Gasteiger partial charge in [-0.05, 0) is 12.8 Å². The fourth-order valence-electron chi connectivity index (χ4n) is 3.00. The highest BCUT2D eigenvalue weighted by Gasteiger charge is 2.22. The van der Waals surface area contributed by atoms with Gasteiger partial charge in [-0.3, -0.25) is 0 Å². The maximum atomic E-state index is 5.80. The van der Waals surface area contributed by atoms with E-state index < -0.39 is 0 Å². The molecule has 0 aromatic rings. The van der Waals surface area contributed by atoms with Gasteiger partial charge in [-0.25, -0.2) is 4.99 Å². The summed E-state index contributed by atoms with van der Waals surface area (Å²) in [5, 5.41) is 0. The van der Waals surface area contributed by atoms with Crippen LogP contribution in [0.5, 0.6) is 0 Å². The lowest BCUT2D eigenvalue weighted by molar-refractivity contribution is 0.290. The molecule has 0 saturated carbocycles. The van der Waals surface area contributed by atoms with Crippen molar-refractivity contribution >= 4 is 5.90 Å². The highest BCUT2D eigenvalue weighted by Crippen LogP contribution is 2.20. The second kappa shape index (κ2) is 12.1. The van der Waals surface area contributed by atoms with Gasteiger partial charge in [-0.2, -0.15) is 0 Å². The number of aliphatic imine (C=N–C) groups is 1. The molecule has 2 unspecified atom stereocenters. The van der Waals surface area contributed by atoms with Gasteiger partial charge in [0, 0.05) is 5.92 Å². The summed E-state index contributed by atoms with van der Waals surface area (Å²) >= 11 is 0. The van der Waals surface area contributed by atoms with Crippen molar-refractivity contribution in [2.24, 2.45) is 10.9 Å². The zero-order chi connectivity index (χ0) is 15.3. The first kappa shape index (κ1) is 18.5. The number of hydrogen-bond donors (Lipinski definition) is 0. The lowest BCUT2D eigenvalue weighted by atomic mass is 10.0. The van der Waals surface area contributed by atoms with Gasteiger partial charge in [0.2, 0.25) is 0 Å². The maximum Gasteiger partial charge on any atom is 0.186 e. The molecule has 2 nitrogen and oxygen atoms in total. The SMILES string of the molecule is CCCCCCCCCCC(C)C1=NC(CCCC)CO1. The van der Waals surface area contributed by atoms with Gasteiger partial charge in [0.25, 0.3) is 0 Å². The quantitative estimate of drug-likeness (QED) is 0.374. The molecule has 1 rings (SSSR count). The average Bonchev–Trinajstić information content (AvgIpc) is 2.96. The first-order valence-electron chi connectivity index (χ1n) is 9.48. The Kier molecular flexibility index (Phi) is 10.6. The molecule has 2 atom stereocenters. The number of hydrogen-bond acceptors (Lipinski definition) is 2.